The summed E-state index contributed by atoms with van der Waals surface area (Å²) in [6.07, 6.45) is 1.98. The summed E-state index contributed by atoms with van der Waals surface area (Å²) in [5.74, 6) is -0.421. The van der Waals surface area contributed by atoms with Crippen molar-refractivity contribution in [2.45, 2.75) is 45.4 Å². The van der Waals surface area contributed by atoms with Crippen molar-refractivity contribution in [1.82, 2.24) is 4.90 Å². The molecule has 0 saturated heterocycles. The predicted octanol–water partition coefficient (Wildman–Crippen LogP) is 3.74. The molecule has 1 heterocycles. The van der Waals surface area contributed by atoms with Crippen LogP contribution in [0.2, 0.25) is 0 Å². The molecular weight excluding hydrogens is 340 g/mol. The van der Waals surface area contributed by atoms with Gasteiger partial charge in [0.1, 0.15) is 12.6 Å². The Morgan fingerprint density at radius 2 is 1.89 bits per heavy atom. The summed E-state index contributed by atoms with van der Waals surface area (Å²) in [5, 5.41) is 3.25. The third-order valence-corrected chi connectivity index (χ3v) is 4.71. The quantitative estimate of drug-likeness (QED) is 0.759. The number of hydrogen-bond acceptors (Lipinski definition) is 4. The largest absolute Gasteiger partial charge is 0.461 e. The Morgan fingerprint density at radius 3 is 2.67 bits per heavy atom. The number of carbonyl (C=O) groups excluding carboxylic acids is 2. The third-order valence-electron chi connectivity index (χ3n) is 4.71. The second-order valence-electron chi connectivity index (χ2n) is 6.82. The lowest BCUT2D eigenvalue weighted by atomic mass is 10.1. The van der Waals surface area contributed by atoms with E-state index in [0.717, 1.165) is 29.7 Å². The van der Waals surface area contributed by atoms with Gasteiger partial charge in [0, 0.05) is 18.8 Å². The van der Waals surface area contributed by atoms with E-state index in [2.05, 4.69) is 12.2 Å². The molecule has 0 radical (unpaired) electrons. The van der Waals surface area contributed by atoms with E-state index >= 15 is 0 Å². The molecule has 0 fully saturated rings. The number of fused-ring (bicyclic) bond motifs is 1. The molecule has 1 atom stereocenters. The fourth-order valence-electron chi connectivity index (χ4n) is 3.19. The van der Waals surface area contributed by atoms with Gasteiger partial charge in [0.15, 0.2) is 0 Å². The van der Waals surface area contributed by atoms with E-state index in [0.29, 0.717) is 13.1 Å². The van der Waals surface area contributed by atoms with E-state index in [1.165, 1.54) is 0 Å². The Bertz CT molecular complexity index is 776. The molecule has 0 unspecified atom stereocenters. The van der Waals surface area contributed by atoms with E-state index in [9.17, 15) is 9.59 Å². The SMILES string of the molecule is CCCCN1Cc2ccccc2N[C@@H](CC(=O)OCc2ccccc2)C1=O. The number of unbranched alkanes of at least 4 members (excludes halogenated alkanes) is 1. The number of hydrogen-bond donors (Lipinski definition) is 1. The van der Waals surface area contributed by atoms with Crippen LogP contribution in [-0.4, -0.2) is 29.4 Å². The summed E-state index contributed by atoms with van der Waals surface area (Å²) >= 11 is 0. The zero-order chi connectivity index (χ0) is 19.1. The Hall–Kier alpha value is -2.82. The molecule has 2 aromatic carbocycles. The lowest BCUT2D eigenvalue weighted by Gasteiger charge is -2.24. The molecule has 0 aliphatic carbocycles. The summed E-state index contributed by atoms with van der Waals surface area (Å²) in [7, 11) is 0. The Balaban J connectivity index is 1.68. The molecule has 3 rings (SSSR count). The third kappa shape index (κ3) is 5.09. The van der Waals surface area contributed by atoms with Crippen molar-refractivity contribution in [3.05, 3.63) is 65.7 Å². The van der Waals surface area contributed by atoms with Crippen LogP contribution >= 0.6 is 0 Å². The standard InChI is InChI=1S/C22H26N2O3/c1-2-3-13-24-15-18-11-7-8-12-19(18)23-20(22(24)26)14-21(25)27-16-17-9-5-4-6-10-17/h4-12,20,23H,2-3,13-16H2,1H3/t20-/m0/s1. The number of nitrogens with zero attached hydrogens (tertiary/aromatic N) is 1. The molecule has 1 amide bonds. The molecule has 142 valence electrons. The van der Waals surface area contributed by atoms with Crippen molar-refractivity contribution in [2.75, 3.05) is 11.9 Å². The van der Waals surface area contributed by atoms with Crippen LogP contribution in [0.1, 0.15) is 37.3 Å². The van der Waals surface area contributed by atoms with Crippen LogP contribution in [0.4, 0.5) is 5.69 Å². The number of esters is 1. The number of ether oxygens (including phenoxy) is 1. The zero-order valence-electron chi connectivity index (χ0n) is 15.7. The zero-order valence-corrected chi connectivity index (χ0v) is 15.7. The van der Waals surface area contributed by atoms with Gasteiger partial charge in [0.25, 0.3) is 0 Å². The lowest BCUT2D eigenvalue weighted by Crippen LogP contribution is -2.42. The van der Waals surface area contributed by atoms with Gasteiger partial charge in [-0.05, 0) is 23.6 Å². The van der Waals surface area contributed by atoms with Crippen molar-refractivity contribution in [3.8, 4) is 0 Å². The van der Waals surface area contributed by atoms with Gasteiger partial charge >= 0.3 is 5.97 Å². The second kappa shape index (κ2) is 9.21. The smallest absolute Gasteiger partial charge is 0.308 e. The maximum Gasteiger partial charge on any atom is 0.308 e. The van der Waals surface area contributed by atoms with Crippen LogP contribution in [0, 0.1) is 0 Å². The van der Waals surface area contributed by atoms with Crippen molar-refractivity contribution >= 4 is 17.6 Å². The Morgan fingerprint density at radius 1 is 1.15 bits per heavy atom. The fraction of sp³-hybridized carbons (Fsp3) is 0.364. The Labute approximate surface area is 160 Å². The van der Waals surface area contributed by atoms with E-state index in [1.807, 2.05) is 59.5 Å². The van der Waals surface area contributed by atoms with Gasteiger partial charge in [-0.1, -0.05) is 61.9 Å². The molecule has 0 saturated carbocycles. The monoisotopic (exact) mass is 366 g/mol. The van der Waals surface area contributed by atoms with Crippen LogP contribution in [0.15, 0.2) is 54.6 Å². The van der Waals surface area contributed by atoms with E-state index < -0.39 is 6.04 Å². The van der Waals surface area contributed by atoms with Gasteiger partial charge in [-0.2, -0.15) is 0 Å². The molecule has 5 heteroatoms. The highest BCUT2D eigenvalue weighted by Gasteiger charge is 2.30. The first-order chi connectivity index (χ1) is 13.2. The lowest BCUT2D eigenvalue weighted by molar-refractivity contribution is -0.147. The number of amides is 1. The minimum absolute atomic E-state index is 0.0165. The summed E-state index contributed by atoms with van der Waals surface area (Å²) < 4.78 is 5.37. The fourth-order valence-corrected chi connectivity index (χ4v) is 3.19. The van der Waals surface area contributed by atoms with Crippen LogP contribution in [0.5, 0.6) is 0 Å². The van der Waals surface area contributed by atoms with E-state index in [4.69, 9.17) is 4.74 Å². The van der Waals surface area contributed by atoms with Gasteiger partial charge in [-0.3, -0.25) is 9.59 Å². The number of anilines is 1. The molecule has 2 aromatic rings. The van der Waals surface area contributed by atoms with Crippen LogP contribution in [0.3, 0.4) is 0 Å². The predicted molar refractivity (Wildman–Crippen MR) is 105 cm³/mol. The number of nitrogens with one attached hydrogen (secondary N) is 1. The van der Waals surface area contributed by atoms with Gasteiger partial charge in [0.05, 0.1) is 6.42 Å². The number of benzene rings is 2. The molecule has 5 nitrogen and oxygen atoms in total. The van der Waals surface area contributed by atoms with Gasteiger partial charge in [-0.25, -0.2) is 0 Å². The highest BCUT2D eigenvalue weighted by molar-refractivity contribution is 5.90. The second-order valence-corrected chi connectivity index (χ2v) is 6.82. The molecule has 27 heavy (non-hydrogen) atoms. The van der Waals surface area contributed by atoms with Crippen molar-refractivity contribution in [1.29, 1.82) is 0 Å². The number of rotatable bonds is 7. The highest BCUT2D eigenvalue weighted by Crippen LogP contribution is 2.24. The minimum atomic E-state index is -0.603. The Kier molecular flexibility index (Phi) is 6.47. The maximum absolute atomic E-state index is 13.0. The molecule has 1 aliphatic heterocycles. The van der Waals surface area contributed by atoms with Gasteiger partial charge in [-0.15, -0.1) is 0 Å². The molecule has 1 aliphatic rings. The molecule has 1 N–H and O–H groups in total. The first-order valence-corrected chi connectivity index (χ1v) is 9.50. The summed E-state index contributed by atoms with van der Waals surface area (Å²) in [4.78, 5) is 27.2. The van der Waals surface area contributed by atoms with Crippen molar-refractivity contribution < 1.29 is 14.3 Å². The van der Waals surface area contributed by atoms with Crippen LogP contribution in [-0.2, 0) is 27.5 Å². The molecule has 0 aromatic heterocycles. The van der Waals surface area contributed by atoms with Gasteiger partial charge < -0.3 is 15.0 Å². The topological polar surface area (TPSA) is 58.6 Å². The minimum Gasteiger partial charge on any atom is -0.461 e. The first-order valence-electron chi connectivity index (χ1n) is 9.50. The normalized spacial score (nSPS) is 16.3. The molecular formula is C22H26N2O3. The van der Waals surface area contributed by atoms with Crippen molar-refractivity contribution in [2.24, 2.45) is 0 Å². The first kappa shape index (κ1) is 19.0. The highest BCUT2D eigenvalue weighted by atomic mass is 16.5. The van der Waals surface area contributed by atoms with Crippen molar-refractivity contribution in [3.63, 3.8) is 0 Å². The number of para-hydroxylation sites is 1. The van der Waals surface area contributed by atoms with E-state index in [1.54, 1.807) is 0 Å². The molecule has 0 bridgehead atoms. The molecule has 0 spiro atoms. The van der Waals surface area contributed by atoms with Crippen LogP contribution in [0.25, 0.3) is 0 Å². The average molecular weight is 366 g/mol. The van der Waals surface area contributed by atoms with E-state index in [-0.39, 0.29) is 24.9 Å². The van der Waals surface area contributed by atoms with Crippen LogP contribution < -0.4 is 5.32 Å². The van der Waals surface area contributed by atoms with Gasteiger partial charge in [0.2, 0.25) is 5.91 Å². The average Bonchev–Trinajstić information content (AvgIpc) is 2.82. The maximum atomic E-state index is 13.0. The summed E-state index contributed by atoms with van der Waals surface area (Å²) in [6.45, 7) is 3.59. The summed E-state index contributed by atoms with van der Waals surface area (Å²) in [6, 6.07) is 16.8. The number of carbonyl (C=O) groups is 2. The summed E-state index contributed by atoms with van der Waals surface area (Å²) in [5.41, 5.74) is 2.91.